The summed E-state index contributed by atoms with van der Waals surface area (Å²) in [6.45, 7) is 0.317. The number of benzene rings is 1. The number of thiazole rings is 1. The third-order valence-corrected chi connectivity index (χ3v) is 5.58. The molecule has 0 aliphatic heterocycles. The van der Waals surface area contributed by atoms with Crippen LogP contribution in [0.3, 0.4) is 0 Å². The largest absolute Gasteiger partial charge is 0.264 e. The van der Waals surface area contributed by atoms with Gasteiger partial charge in [0.1, 0.15) is 0 Å². The lowest BCUT2D eigenvalue weighted by molar-refractivity contribution is 0.581. The van der Waals surface area contributed by atoms with E-state index in [1.54, 1.807) is 42.7 Å². The topological polar surface area (TPSA) is 72.0 Å². The number of hydrogen-bond acceptors (Lipinski definition) is 5. The van der Waals surface area contributed by atoms with Gasteiger partial charge in [-0.1, -0.05) is 18.2 Å². The minimum Gasteiger partial charge on any atom is -0.264 e. The summed E-state index contributed by atoms with van der Waals surface area (Å²) in [7, 11) is -3.46. The van der Waals surface area contributed by atoms with Gasteiger partial charge in [-0.15, -0.1) is 11.3 Å². The first-order valence-electron chi connectivity index (χ1n) is 7.05. The highest BCUT2D eigenvalue weighted by Crippen LogP contribution is 2.21. The van der Waals surface area contributed by atoms with Gasteiger partial charge in [-0.2, -0.15) is 0 Å². The fourth-order valence-corrected chi connectivity index (χ4v) is 3.91. The molecule has 0 spiro atoms. The third kappa shape index (κ3) is 4.01. The van der Waals surface area contributed by atoms with Crippen LogP contribution in [-0.2, 0) is 16.4 Å². The summed E-state index contributed by atoms with van der Waals surface area (Å²) in [6, 6.07) is 12.2. The predicted molar refractivity (Wildman–Crippen MR) is 90.7 cm³/mol. The van der Waals surface area contributed by atoms with Gasteiger partial charge in [-0.05, 0) is 24.3 Å². The van der Waals surface area contributed by atoms with Crippen LogP contribution >= 0.6 is 11.3 Å². The zero-order valence-corrected chi connectivity index (χ0v) is 13.8. The number of hydrogen-bond donors (Lipinski definition) is 1. The van der Waals surface area contributed by atoms with Crippen LogP contribution in [0, 0.1) is 0 Å². The van der Waals surface area contributed by atoms with Crippen molar-refractivity contribution in [3.05, 3.63) is 65.2 Å². The van der Waals surface area contributed by atoms with Crippen molar-refractivity contribution in [3.8, 4) is 11.3 Å². The average Bonchev–Trinajstić information content (AvgIpc) is 3.05. The van der Waals surface area contributed by atoms with Crippen molar-refractivity contribution in [1.29, 1.82) is 0 Å². The highest BCUT2D eigenvalue weighted by molar-refractivity contribution is 7.89. The smallest absolute Gasteiger partial charge is 0.240 e. The van der Waals surface area contributed by atoms with Crippen molar-refractivity contribution in [2.45, 2.75) is 11.3 Å². The van der Waals surface area contributed by atoms with Gasteiger partial charge < -0.3 is 0 Å². The van der Waals surface area contributed by atoms with Crippen molar-refractivity contribution in [2.24, 2.45) is 0 Å². The highest BCUT2D eigenvalue weighted by Gasteiger charge is 2.13. The molecular weight excluding hydrogens is 330 g/mol. The first kappa shape index (κ1) is 15.8. The molecule has 3 aromatic rings. The molecule has 0 radical (unpaired) electrons. The Kier molecular flexibility index (Phi) is 4.80. The molecule has 0 unspecified atom stereocenters. The fourth-order valence-electron chi connectivity index (χ4n) is 2.05. The Labute approximate surface area is 139 Å². The maximum absolute atomic E-state index is 12.1. The Hall–Kier alpha value is -2.09. The van der Waals surface area contributed by atoms with Gasteiger partial charge in [0.2, 0.25) is 10.0 Å². The Bertz CT molecular complexity index is 863. The second kappa shape index (κ2) is 6.99. The lowest BCUT2D eigenvalue weighted by Crippen LogP contribution is -2.25. The van der Waals surface area contributed by atoms with Crippen molar-refractivity contribution >= 4 is 21.4 Å². The summed E-state index contributed by atoms with van der Waals surface area (Å²) in [5.41, 5.74) is 1.82. The predicted octanol–water partition coefficient (Wildman–Crippen LogP) is 2.73. The van der Waals surface area contributed by atoms with Crippen LogP contribution in [0.25, 0.3) is 11.3 Å². The molecule has 5 nitrogen and oxygen atoms in total. The minimum atomic E-state index is -3.46. The van der Waals surface area contributed by atoms with E-state index in [1.807, 2.05) is 17.5 Å². The first-order valence-corrected chi connectivity index (χ1v) is 9.41. The van der Waals surface area contributed by atoms with Crippen LogP contribution in [0.15, 0.2) is 65.1 Å². The molecule has 0 saturated heterocycles. The third-order valence-electron chi connectivity index (χ3n) is 3.19. The number of rotatable bonds is 6. The summed E-state index contributed by atoms with van der Waals surface area (Å²) in [5, 5.41) is 2.84. The highest BCUT2D eigenvalue weighted by atomic mass is 32.2. The molecule has 7 heteroatoms. The van der Waals surface area contributed by atoms with E-state index in [1.165, 1.54) is 11.3 Å². The van der Waals surface area contributed by atoms with Crippen LogP contribution in [-0.4, -0.2) is 24.9 Å². The van der Waals surface area contributed by atoms with Gasteiger partial charge in [0.25, 0.3) is 0 Å². The molecule has 0 bridgehead atoms. The van der Waals surface area contributed by atoms with E-state index in [4.69, 9.17) is 0 Å². The minimum absolute atomic E-state index is 0.273. The number of sulfonamides is 1. The number of nitrogens with one attached hydrogen (secondary N) is 1. The second-order valence-corrected chi connectivity index (χ2v) is 7.54. The van der Waals surface area contributed by atoms with E-state index >= 15 is 0 Å². The molecule has 0 fully saturated rings. The maximum atomic E-state index is 12.1. The molecule has 3 rings (SSSR count). The second-order valence-electron chi connectivity index (χ2n) is 4.83. The Morgan fingerprint density at radius 2 is 1.91 bits per heavy atom. The molecule has 0 aliphatic rings. The van der Waals surface area contributed by atoms with Crippen molar-refractivity contribution in [3.63, 3.8) is 0 Å². The lowest BCUT2D eigenvalue weighted by Gasteiger charge is -2.05. The van der Waals surface area contributed by atoms with Crippen molar-refractivity contribution < 1.29 is 8.42 Å². The Morgan fingerprint density at radius 1 is 1.09 bits per heavy atom. The van der Waals surface area contributed by atoms with Crippen LogP contribution in [0.4, 0.5) is 0 Å². The maximum Gasteiger partial charge on any atom is 0.240 e. The van der Waals surface area contributed by atoms with Gasteiger partial charge in [-0.3, -0.25) is 4.98 Å². The molecule has 0 saturated carbocycles. The molecule has 1 N–H and O–H groups in total. The van der Waals surface area contributed by atoms with E-state index in [9.17, 15) is 8.42 Å². The van der Waals surface area contributed by atoms with Crippen LogP contribution in [0.5, 0.6) is 0 Å². The lowest BCUT2D eigenvalue weighted by atomic mass is 10.2. The molecule has 2 heterocycles. The monoisotopic (exact) mass is 345 g/mol. The zero-order valence-electron chi connectivity index (χ0n) is 12.2. The van der Waals surface area contributed by atoms with Crippen molar-refractivity contribution in [1.82, 2.24) is 14.7 Å². The van der Waals surface area contributed by atoms with Gasteiger partial charge >= 0.3 is 0 Å². The molecule has 1 aromatic carbocycles. The number of aromatic nitrogens is 2. The molecule has 0 atom stereocenters. The van der Waals surface area contributed by atoms with Crippen LogP contribution in [0.1, 0.15) is 5.01 Å². The Balaban J connectivity index is 1.61. The average molecular weight is 345 g/mol. The van der Waals surface area contributed by atoms with Gasteiger partial charge in [-0.25, -0.2) is 18.1 Å². The van der Waals surface area contributed by atoms with E-state index in [0.717, 1.165) is 16.3 Å². The quantitative estimate of drug-likeness (QED) is 0.746. The van der Waals surface area contributed by atoms with E-state index < -0.39 is 10.0 Å². The van der Waals surface area contributed by atoms with Crippen LogP contribution < -0.4 is 4.72 Å². The number of nitrogens with zero attached hydrogens (tertiary/aromatic N) is 2. The molecular formula is C16H15N3O2S2. The normalized spacial score (nSPS) is 11.5. The molecule has 23 heavy (non-hydrogen) atoms. The summed E-state index contributed by atoms with van der Waals surface area (Å²) in [4.78, 5) is 8.86. The van der Waals surface area contributed by atoms with Gasteiger partial charge in [0.15, 0.2) is 0 Å². The summed E-state index contributed by atoms with van der Waals surface area (Å²) in [6.07, 6.45) is 4.03. The molecule has 118 valence electrons. The van der Waals surface area contributed by atoms with E-state index in [0.29, 0.717) is 13.0 Å². The first-order chi connectivity index (χ1) is 11.1. The van der Waals surface area contributed by atoms with Crippen LogP contribution in [0.2, 0.25) is 0 Å². The zero-order chi connectivity index (χ0) is 16.1. The Morgan fingerprint density at radius 3 is 2.65 bits per heavy atom. The van der Waals surface area contributed by atoms with Gasteiger partial charge in [0.05, 0.1) is 15.6 Å². The molecule has 2 aromatic heterocycles. The fraction of sp³-hybridized carbons (Fsp3) is 0.125. The molecule has 0 amide bonds. The number of pyridine rings is 1. The summed E-state index contributed by atoms with van der Waals surface area (Å²) in [5.74, 6) is 0. The molecule has 0 aliphatic carbocycles. The van der Waals surface area contributed by atoms with Gasteiger partial charge in [0, 0.05) is 36.3 Å². The summed E-state index contributed by atoms with van der Waals surface area (Å²) >= 11 is 1.52. The SMILES string of the molecule is O=S(=O)(NCCc1nc(-c2cccnc2)cs1)c1ccccc1. The standard InChI is InChI=1S/C16H15N3O2S2/c20-23(21,14-6-2-1-3-7-14)18-10-8-16-19-15(12-22-16)13-5-4-9-17-11-13/h1-7,9,11-12,18H,8,10H2. The summed E-state index contributed by atoms with van der Waals surface area (Å²) < 4.78 is 26.8. The van der Waals surface area contributed by atoms with E-state index in [-0.39, 0.29) is 4.90 Å². The van der Waals surface area contributed by atoms with E-state index in [2.05, 4.69) is 14.7 Å². The van der Waals surface area contributed by atoms with Crippen molar-refractivity contribution in [2.75, 3.05) is 6.54 Å².